The van der Waals surface area contributed by atoms with Gasteiger partial charge in [0, 0.05) is 5.92 Å². The molecule has 210 valence electrons. The smallest absolute Gasteiger partial charge is 0.348 e. The second-order valence-corrected chi connectivity index (χ2v) is 10.5. The normalized spacial score (nSPS) is 25.4. The molecule has 1 amide bonds. The van der Waals surface area contributed by atoms with Crippen molar-refractivity contribution in [3.05, 3.63) is 23.8 Å². The SMILES string of the molecule is CC[C@H](C)[C@H]1OC(=O)[C@@H](NC(=O)c2cccc(O)c2O)[C@@H](C)OC(=O)C(C)(C)C(=O)[C@@H](CC(C)C)OC1=O. The lowest BCUT2D eigenvalue weighted by Crippen LogP contribution is -2.54. The summed E-state index contributed by atoms with van der Waals surface area (Å²) in [5.74, 6) is -6.54. The van der Waals surface area contributed by atoms with Gasteiger partial charge < -0.3 is 29.7 Å². The fraction of sp³-hybridized carbons (Fsp3) is 0.593. The van der Waals surface area contributed by atoms with Crippen molar-refractivity contribution in [1.82, 2.24) is 5.32 Å². The molecule has 3 N–H and O–H groups in total. The lowest BCUT2D eigenvalue weighted by molar-refractivity contribution is -0.186. The van der Waals surface area contributed by atoms with Crippen molar-refractivity contribution in [3.63, 3.8) is 0 Å². The van der Waals surface area contributed by atoms with Crippen LogP contribution in [0, 0.1) is 17.3 Å². The van der Waals surface area contributed by atoms with Crippen molar-refractivity contribution in [3.8, 4) is 11.5 Å². The van der Waals surface area contributed by atoms with Crippen molar-refractivity contribution < 1.29 is 48.4 Å². The molecule has 38 heavy (non-hydrogen) atoms. The third-order valence-electron chi connectivity index (χ3n) is 6.56. The number of phenols is 2. The second-order valence-electron chi connectivity index (χ2n) is 10.5. The predicted octanol–water partition coefficient (Wildman–Crippen LogP) is 2.65. The Kier molecular flexibility index (Phi) is 9.88. The Balaban J connectivity index is 2.54. The van der Waals surface area contributed by atoms with Crippen LogP contribution in [0.5, 0.6) is 11.5 Å². The molecule has 1 aliphatic heterocycles. The number of carbonyl (C=O) groups excluding carboxylic acids is 5. The van der Waals surface area contributed by atoms with Gasteiger partial charge in [0.2, 0.25) is 6.10 Å². The molecule has 0 spiro atoms. The van der Waals surface area contributed by atoms with Crippen molar-refractivity contribution >= 4 is 29.6 Å². The van der Waals surface area contributed by atoms with E-state index in [0.29, 0.717) is 6.42 Å². The number of ketones is 1. The van der Waals surface area contributed by atoms with E-state index in [1.165, 1.54) is 32.9 Å². The summed E-state index contributed by atoms with van der Waals surface area (Å²) in [6.45, 7) is 11.1. The zero-order valence-corrected chi connectivity index (χ0v) is 22.8. The zero-order chi connectivity index (χ0) is 28.9. The number of benzene rings is 1. The largest absolute Gasteiger partial charge is 0.504 e. The number of phenolic OH excluding ortho intramolecular Hbond substituents is 2. The zero-order valence-electron chi connectivity index (χ0n) is 22.8. The Labute approximate surface area is 221 Å². The number of ether oxygens (including phenoxy) is 3. The standard InChI is InChI=1S/C27H37NO10/c1-8-14(4)21-25(34)37-18(12-13(2)3)22(31)27(6,7)26(35)36-15(5)19(24(33)38-21)28-23(32)16-10-9-11-17(29)20(16)30/h9-11,13-15,18-19,21,29-30H,8,12H2,1-7H3,(H,28,32)/t14-,15+,18+,19-,21+/m0/s1. The summed E-state index contributed by atoms with van der Waals surface area (Å²) < 4.78 is 16.5. The number of nitrogens with one attached hydrogen (secondary N) is 1. The average Bonchev–Trinajstić information content (AvgIpc) is 2.84. The summed E-state index contributed by atoms with van der Waals surface area (Å²) in [6, 6.07) is 2.04. The third-order valence-corrected chi connectivity index (χ3v) is 6.56. The van der Waals surface area contributed by atoms with Crippen LogP contribution in [0.2, 0.25) is 0 Å². The van der Waals surface area contributed by atoms with E-state index in [2.05, 4.69) is 5.32 Å². The second kappa shape index (κ2) is 12.3. The van der Waals surface area contributed by atoms with Crippen LogP contribution in [0.4, 0.5) is 0 Å². The summed E-state index contributed by atoms with van der Waals surface area (Å²) in [5, 5.41) is 22.2. The van der Waals surface area contributed by atoms with Crippen LogP contribution in [-0.2, 0) is 33.4 Å². The Morgan fingerprint density at radius 3 is 2.24 bits per heavy atom. The first-order valence-electron chi connectivity index (χ1n) is 12.6. The molecule has 1 aromatic rings. The van der Waals surface area contributed by atoms with Gasteiger partial charge in [-0.05, 0) is 51.7 Å². The first kappa shape index (κ1) is 30.6. The molecule has 2 rings (SSSR count). The van der Waals surface area contributed by atoms with Crippen LogP contribution in [-0.4, -0.2) is 64.2 Å². The number of carbonyl (C=O) groups is 5. The highest BCUT2D eigenvalue weighted by Crippen LogP contribution is 2.30. The van der Waals surface area contributed by atoms with Crippen molar-refractivity contribution in [1.29, 1.82) is 0 Å². The van der Waals surface area contributed by atoms with Crippen molar-refractivity contribution in [2.75, 3.05) is 0 Å². The number of esters is 3. The minimum atomic E-state index is -1.75. The van der Waals surface area contributed by atoms with Crippen molar-refractivity contribution in [2.45, 2.75) is 85.7 Å². The number of Topliss-reactive ketones (excluding diaryl/α,β-unsaturated/α-hetero) is 1. The van der Waals surface area contributed by atoms with Gasteiger partial charge in [-0.2, -0.15) is 0 Å². The Hall–Kier alpha value is -3.63. The molecule has 0 radical (unpaired) electrons. The minimum absolute atomic E-state index is 0.0616. The molecule has 0 bridgehead atoms. The topological polar surface area (TPSA) is 166 Å². The summed E-state index contributed by atoms with van der Waals surface area (Å²) in [5.41, 5.74) is -2.10. The fourth-order valence-electron chi connectivity index (χ4n) is 3.84. The lowest BCUT2D eigenvalue weighted by atomic mass is 9.82. The molecule has 0 aliphatic carbocycles. The lowest BCUT2D eigenvalue weighted by Gasteiger charge is -2.33. The average molecular weight is 536 g/mol. The molecule has 1 fully saturated rings. The highest BCUT2D eigenvalue weighted by molar-refractivity contribution is 6.06. The molecule has 11 heteroatoms. The summed E-state index contributed by atoms with van der Waals surface area (Å²) in [7, 11) is 0. The van der Waals surface area contributed by atoms with E-state index < -0.39 is 76.8 Å². The van der Waals surface area contributed by atoms with E-state index >= 15 is 0 Å². The highest BCUT2D eigenvalue weighted by Gasteiger charge is 2.47. The molecule has 0 aromatic heterocycles. The monoisotopic (exact) mass is 535 g/mol. The summed E-state index contributed by atoms with van der Waals surface area (Å²) in [4.78, 5) is 65.9. The van der Waals surface area contributed by atoms with Crippen LogP contribution in [0.3, 0.4) is 0 Å². The van der Waals surface area contributed by atoms with E-state index in [1.54, 1.807) is 13.8 Å². The minimum Gasteiger partial charge on any atom is -0.504 e. The number of hydrogen-bond acceptors (Lipinski definition) is 10. The molecular formula is C27H37NO10. The molecule has 1 heterocycles. The number of rotatable bonds is 6. The van der Waals surface area contributed by atoms with Gasteiger partial charge >= 0.3 is 17.9 Å². The maximum absolute atomic E-state index is 13.4. The first-order valence-corrected chi connectivity index (χ1v) is 12.6. The van der Waals surface area contributed by atoms with E-state index in [0.717, 1.165) is 6.07 Å². The Morgan fingerprint density at radius 2 is 1.66 bits per heavy atom. The number of hydrogen-bond donors (Lipinski definition) is 3. The number of aromatic hydroxyl groups is 2. The molecule has 1 saturated heterocycles. The van der Waals surface area contributed by atoms with E-state index in [1.807, 2.05) is 13.8 Å². The quantitative estimate of drug-likeness (QED) is 0.213. The van der Waals surface area contributed by atoms with E-state index in [9.17, 15) is 34.2 Å². The van der Waals surface area contributed by atoms with Gasteiger partial charge in [-0.25, -0.2) is 9.59 Å². The van der Waals surface area contributed by atoms with E-state index in [4.69, 9.17) is 14.2 Å². The van der Waals surface area contributed by atoms with Gasteiger partial charge in [-0.1, -0.05) is 33.8 Å². The first-order chi connectivity index (χ1) is 17.6. The van der Waals surface area contributed by atoms with Crippen LogP contribution >= 0.6 is 0 Å². The third kappa shape index (κ3) is 6.81. The van der Waals surface area contributed by atoms with Crippen LogP contribution in [0.25, 0.3) is 0 Å². The molecule has 5 atom stereocenters. The number of cyclic esters (lactones) is 3. The predicted molar refractivity (Wildman–Crippen MR) is 134 cm³/mol. The van der Waals surface area contributed by atoms with Crippen LogP contribution in [0.15, 0.2) is 18.2 Å². The summed E-state index contributed by atoms with van der Waals surface area (Å²) in [6.07, 6.45) is -3.46. The molecule has 1 aromatic carbocycles. The van der Waals surface area contributed by atoms with Gasteiger partial charge in [-0.15, -0.1) is 0 Å². The molecular weight excluding hydrogens is 498 g/mol. The maximum atomic E-state index is 13.4. The molecule has 0 saturated carbocycles. The Morgan fingerprint density at radius 1 is 1.03 bits per heavy atom. The van der Waals surface area contributed by atoms with Gasteiger partial charge in [-0.3, -0.25) is 14.4 Å². The molecule has 0 unspecified atom stereocenters. The fourth-order valence-corrected chi connectivity index (χ4v) is 3.84. The highest BCUT2D eigenvalue weighted by atomic mass is 16.6. The summed E-state index contributed by atoms with van der Waals surface area (Å²) >= 11 is 0. The van der Waals surface area contributed by atoms with E-state index in [-0.39, 0.29) is 17.9 Å². The number of para-hydroxylation sites is 1. The van der Waals surface area contributed by atoms with Gasteiger partial charge in [0.1, 0.15) is 11.5 Å². The van der Waals surface area contributed by atoms with Gasteiger partial charge in [0.05, 0.1) is 5.56 Å². The maximum Gasteiger partial charge on any atom is 0.348 e. The van der Waals surface area contributed by atoms with Gasteiger partial charge in [0.15, 0.2) is 29.4 Å². The van der Waals surface area contributed by atoms with Gasteiger partial charge in [0.25, 0.3) is 5.91 Å². The number of amides is 1. The van der Waals surface area contributed by atoms with Crippen LogP contribution < -0.4 is 5.32 Å². The molecule has 11 nitrogen and oxygen atoms in total. The Bertz CT molecular complexity index is 1080. The molecule has 1 aliphatic rings. The van der Waals surface area contributed by atoms with Crippen molar-refractivity contribution in [2.24, 2.45) is 17.3 Å². The van der Waals surface area contributed by atoms with Crippen LogP contribution in [0.1, 0.15) is 71.7 Å².